The lowest BCUT2D eigenvalue weighted by atomic mass is 10.1. The molecule has 23 heavy (non-hydrogen) atoms. The van der Waals surface area contributed by atoms with Gasteiger partial charge < -0.3 is 4.74 Å². The lowest BCUT2D eigenvalue weighted by molar-refractivity contribution is -0.137. The molecule has 0 saturated carbocycles. The first-order chi connectivity index (χ1) is 10.8. The summed E-state index contributed by atoms with van der Waals surface area (Å²) >= 11 is 0. The van der Waals surface area contributed by atoms with Crippen molar-refractivity contribution in [2.75, 3.05) is 6.61 Å². The van der Waals surface area contributed by atoms with Gasteiger partial charge in [-0.1, -0.05) is 18.2 Å². The van der Waals surface area contributed by atoms with Crippen LogP contribution in [-0.4, -0.2) is 23.1 Å². The summed E-state index contributed by atoms with van der Waals surface area (Å²) in [6.07, 6.45) is -3.35. The Morgan fingerprint density at radius 1 is 1.17 bits per heavy atom. The van der Waals surface area contributed by atoms with Gasteiger partial charge in [-0.15, -0.1) is 0 Å². The predicted molar refractivity (Wildman–Crippen MR) is 76.2 cm³/mol. The van der Waals surface area contributed by atoms with Crippen LogP contribution in [0.4, 0.5) is 13.2 Å². The summed E-state index contributed by atoms with van der Waals surface area (Å²) in [5.41, 5.74) is -0.557. The second kappa shape index (κ2) is 6.68. The van der Waals surface area contributed by atoms with Crippen molar-refractivity contribution in [3.05, 3.63) is 59.4 Å². The standard InChI is InChI=1S/C16H14F3NO3/c1-2-23-15(22)13-7-4-8-20(13)14(21)10-11-5-3-6-12(9-11)16(17,18)19/h3-9H,2,10H2,1H3. The number of esters is 1. The van der Waals surface area contributed by atoms with E-state index in [1.807, 2.05) is 0 Å². The van der Waals surface area contributed by atoms with Crippen LogP contribution in [0.5, 0.6) is 0 Å². The molecule has 0 radical (unpaired) electrons. The molecule has 0 fully saturated rings. The second-order valence-corrected chi connectivity index (χ2v) is 4.75. The van der Waals surface area contributed by atoms with Gasteiger partial charge in [0.2, 0.25) is 5.91 Å². The minimum Gasteiger partial charge on any atom is -0.461 e. The Morgan fingerprint density at radius 3 is 2.57 bits per heavy atom. The van der Waals surface area contributed by atoms with Crippen molar-refractivity contribution in [2.45, 2.75) is 19.5 Å². The second-order valence-electron chi connectivity index (χ2n) is 4.75. The summed E-state index contributed by atoms with van der Waals surface area (Å²) in [4.78, 5) is 24.0. The van der Waals surface area contributed by atoms with Gasteiger partial charge >= 0.3 is 12.1 Å². The number of benzene rings is 1. The van der Waals surface area contributed by atoms with Crippen LogP contribution in [-0.2, 0) is 17.3 Å². The number of nitrogens with zero attached hydrogens (tertiary/aromatic N) is 1. The number of aromatic nitrogens is 1. The fourth-order valence-electron chi connectivity index (χ4n) is 2.09. The molecule has 0 spiro atoms. The van der Waals surface area contributed by atoms with Gasteiger partial charge in [0.15, 0.2) is 0 Å². The molecule has 7 heteroatoms. The van der Waals surface area contributed by atoms with Crippen LogP contribution in [0.15, 0.2) is 42.6 Å². The average molecular weight is 325 g/mol. The number of carbonyl (C=O) groups excluding carboxylic acids is 2. The Hall–Kier alpha value is -2.57. The summed E-state index contributed by atoms with van der Waals surface area (Å²) in [6.45, 7) is 1.79. The molecule has 0 bridgehead atoms. The largest absolute Gasteiger partial charge is 0.461 e. The Balaban J connectivity index is 2.21. The van der Waals surface area contributed by atoms with E-state index in [4.69, 9.17) is 4.74 Å². The zero-order valence-electron chi connectivity index (χ0n) is 12.3. The third kappa shape index (κ3) is 4.00. The number of carbonyl (C=O) groups is 2. The highest BCUT2D eigenvalue weighted by Gasteiger charge is 2.30. The molecule has 1 aromatic heterocycles. The molecule has 2 rings (SSSR count). The molecule has 0 atom stereocenters. The van der Waals surface area contributed by atoms with Crippen LogP contribution >= 0.6 is 0 Å². The number of rotatable bonds is 4. The van der Waals surface area contributed by atoms with Gasteiger partial charge in [0, 0.05) is 6.20 Å². The molecule has 0 aliphatic carbocycles. The first-order valence-electron chi connectivity index (χ1n) is 6.86. The van der Waals surface area contributed by atoms with E-state index in [0.717, 1.165) is 16.7 Å². The third-order valence-corrected chi connectivity index (χ3v) is 3.11. The molecule has 0 unspecified atom stereocenters. The van der Waals surface area contributed by atoms with Crippen molar-refractivity contribution in [1.82, 2.24) is 4.57 Å². The predicted octanol–water partition coefficient (Wildman–Crippen LogP) is 3.57. The van der Waals surface area contributed by atoms with Crippen molar-refractivity contribution < 1.29 is 27.5 Å². The summed E-state index contributed by atoms with van der Waals surface area (Å²) in [7, 11) is 0. The van der Waals surface area contributed by atoms with Crippen molar-refractivity contribution in [3.63, 3.8) is 0 Å². The van der Waals surface area contributed by atoms with Gasteiger partial charge in [-0.2, -0.15) is 13.2 Å². The van der Waals surface area contributed by atoms with Gasteiger partial charge in [-0.25, -0.2) is 4.79 Å². The summed E-state index contributed by atoms with van der Waals surface area (Å²) in [5, 5.41) is 0. The van der Waals surface area contributed by atoms with E-state index in [1.54, 1.807) is 6.92 Å². The molecular formula is C16H14F3NO3. The maximum absolute atomic E-state index is 12.7. The van der Waals surface area contributed by atoms with Crippen molar-refractivity contribution in [2.24, 2.45) is 0 Å². The van der Waals surface area contributed by atoms with E-state index in [1.165, 1.54) is 30.5 Å². The first-order valence-corrected chi connectivity index (χ1v) is 6.86. The molecule has 1 aromatic carbocycles. The van der Waals surface area contributed by atoms with Crippen LogP contribution in [0.2, 0.25) is 0 Å². The summed E-state index contributed by atoms with van der Waals surface area (Å²) in [6, 6.07) is 7.45. The van der Waals surface area contributed by atoms with E-state index in [-0.39, 0.29) is 24.3 Å². The van der Waals surface area contributed by atoms with E-state index >= 15 is 0 Å². The van der Waals surface area contributed by atoms with E-state index in [0.29, 0.717) is 0 Å². The molecule has 2 aromatic rings. The van der Waals surface area contributed by atoms with Crippen LogP contribution in [0.3, 0.4) is 0 Å². The lowest BCUT2D eigenvalue weighted by Gasteiger charge is -2.10. The first kappa shape index (κ1) is 16.8. The molecule has 0 amide bonds. The molecule has 0 aliphatic rings. The number of hydrogen-bond acceptors (Lipinski definition) is 3. The zero-order chi connectivity index (χ0) is 17.0. The molecule has 1 heterocycles. The van der Waals surface area contributed by atoms with Gasteiger partial charge in [0.25, 0.3) is 0 Å². The van der Waals surface area contributed by atoms with Gasteiger partial charge in [0.1, 0.15) is 5.69 Å². The van der Waals surface area contributed by atoms with Crippen LogP contribution < -0.4 is 0 Å². The quantitative estimate of drug-likeness (QED) is 0.808. The zero-order valence-corrected chi connectivity index (χ0v) is 12.3. The highest BCUT2D eigenvalue weighted by molar-refractivity contribution is 5.94. The Kier molecular flexibility index (Phi) is 4.88. The fourth-order valence-corrected chi connectivity index (χ4v) is 2.09. The van der Waals surface area contributed by atoms with Crippen molar-refractivity contribution in [3.8, 4) is 0 Å². The maximum atomic E-state index is 12.7. The van der Waals surface area contributed by atoms with Crippen LogP contribution in [0.1, 0.15) is 33.3 Å². The minimum absolute atomic E-state index is 0.0452. The van der Waals surface area contributed by atoms with Crippen LogP contribution in [0.25, 0.3) is 0 Å². The molecular weight excluding hydrogens is 311 g/mol. The van der Waals surface area contributed by atoms with Gasteiger partial charge in [0.05, 0.1) is 18.6 Å². The Morgan fingerprint density at radius 2 is 1.91 bits per heavy atom. The minimum atomic E-state index is -4.47. The Bertz CT molecular complexity index is 719. The number of hydrogen-bond donors (Lipinski definition) is 0. The topological polar surface area (TPSA) is 48.3 Å². The molecule has 0 aliphatic heterocycles. The highest BCUT2D eigenvalue weighted by Crippen LogP contribution is 2.29. The van der Waals surface area contributed by atoms with Crippen LogP contribution in [0, 0.1) is 0 Å². The van der Waals surface area contributed by atoms with E-state index in [9.17, 15) is 22.8 Å². The lowest BCUT2D eigenvalue weighted by Crippen LogP contribution is -2.19. The highest BCUT2D eigenvalue weighted by atomic mass is 19.4. The number of ether oxygens (including phenoxy) is 1. The smallest absolute Gasteiger partial charge is 0.416 e. The average Bonchev–Trinajstić information content (AvgIpc) is 2.96. The molecule has 4 nitrogen and oxygen atoms in total. The summed E-state index contributed by atoms with van der Waals surface area (Å²) in [5.74, 6) is -1.17. The van der Waals surface area contributed by atoms with Gasteiger partial charge in [-0.3, -0.25) is 9.36 Å². The SMILES string of the molecule is CCOC(=O)c1cccn1C(=O)Cc1cccc(C(F)(F)F)c1. The van der Waals surface area contributed by atoms with E-state index in [2.05, 4.69) is 0 Å². The maximum Gasteiger partial charge on any atom is 0.416 e. The normalized spacial score (nSPS) is 11.3. The van der Waals surface area contributed by atoms with Crippen molar-refractivity contribution >= 4 is 11.9 Å². The Labute approximate surface area is 130 Å². The van der Waals surface area contributed by atoms with Crippen molar-refractivity contribution in [1.29, 1.82) is 0 Å². The van der Waals surface area contributed by atoms with E-state index < -0.39 is 23.6 Å². The summed E-state index contributed by atoms with van der Waals surface area (Å²) < 4.78 is 44.0. The van der Waals surface area contributed by atoms with Gasteiger partial charge in [-0.05, 0) is 30.7 Å². The molecule has 0 saturated heterocycles. The molecule has 122 valence electrons. The number of halogens is 3. The number of alkyl halides is 3. The molecule has 0 N–H and O–H groups in total. The third-order valence-electron chi connectivity index (χ3n) is 3.11. The monoisotopic (exact) mass is 325 g/mol. The fraction of sp³-hybridized carbons (Fsp3) is 0.250.